The first-order chi connectivity index (χ1) is 14.4. The Labute approximate surface area is 195 Å². The maximum Gasteiger partial charge on any atom is 0.316 e. The van der Waals surface area contributed by atoms with Gasteiger partial charge >= 0.3 is 5.78 Å². The Hall–Kier alpha value is -3.14. The molecular formula is C26H23IrNO3. The number of carbonyl (C=O) groups excluding carboxylic acids is 2. The molecule has 1 aliphatic heterocycles. The third-order valence-electron chi connectivity index (χ3n) is 4.40. The number of fused-ring (bicyclic) bond motifs is 2. The van der Waals surface area contributed by atoms with Crippen molar-refractivity contribution in [3.05, 3.63) is 102 Å². The van der Waals surface area contributed by atoms with Gasteiger partial charge in [0.2, 0.25) is 0 Å². The fraction of sp³-hybridized carbons (Fsp3) is 0.115. The van der Waals surface area contributed by atoms with Gasteiger partial charge in [0.1, 0.15) is 0 Å². The van der Waals surface area contributed by atoms with Crippen LogP contribution < -0.4 is 0 Å². The molecule has 5 heteroatoms. The molecule has 0 bridgehead atoms. The van der Waals surface area contributed by atoms with Crippen molar-refractivity contribution in [1.29, 1.82) is 0 Å². The zero-order chi connectivity index (χ0) is 21.5. The average Bonchev–Trinajstić information content (AvgIpc) is 2.71. The molecule has 1 heterocycles. The van der Waals surface area contributed by atoms with Crippen LogP contribution in [0.4, 0.5) is 5.69 Å². The maximum absolute atomic E-state index is 12.1. The summed E-state index contributed by atoms with van der Waals surface area (Å²) in [7, 11) is 0. The molecule has 4 rings (SSSR count). The van der Waals surface area contributed by atoms with Gasteiger partial charge in [-0.25, -0.2) is 0 Å². The molecule has 0 saturated heterocycles. The normalized spacial score (nSPS) is 14.1. The molecule has 0 atom stereocenters. The second kappa shape index (κ2) is 11.3. The van der Waals surface area contributed by atoms with Crippen LogP contribution in [0.2, 0.25) is 0 Å². The van der Waals surface area contributed by atoms with E-state index in [1.54, 1.807) is 0 Å². The van der Waals surface area contributed by atoms with Gasteiger partial charge in [0.15, 0.2) is 5.78 Å². The Morgan fingerprint density at radius 2 is 1.77 bits per heavy atom. The number of para-hydroxylation sites is 1. The van der Waals surface area contributed by atoms with Gasteiger partial charge in [0.05, 0.1) is 24.4 Å². The molecule has 2 N–H and O–H groups in total. The number of Topliss-reactive ketones (excluding diaryl/α,β-unsaturated/α-hetero) is 1. The second-order valence-corrected chi connectivity index (χ2v) is 6.95. The van der Waals surface area contributed by atoms with Gasteiger partial charge in [-0.15, -0.1) is 29.1 Å². The number of carbonyl (C=O) groups is 1. The zero-order valence-corrected chi connectivity index (χ0v) is 19.7. The molecule has 1 aliphatic rings. The van der Waals surface area contributed by atoms with Gasteiger partial charge in [-0.1, -0.05) is 53.9 Å². The molecule has 1 radical (unpaired) electrons. The number of aliphatic hydroxyl groups excluding tert-OH is 1. The third-order valence-corrected chi connectivity index (χ3v) is 4.40. The van der Waals surface area contributed by atoms with Crippen molar-refractivity contribution in [1.82, 2.24) is 0 Å². The topological polar surface area (TPSA) is 71.1 Å². The van der Waals surface area contributed by atoms with E-state index in [1.807, 2.05) is 54.6 Å². The minimum atomic E-state index is 0. The Kier molecular flexibility index (Phi) is 8.80. The van der Waals surface area contributed by atoms with E-state index in [-0.39, 0.29) is 37.4 Å². The zero-order valence-electron chi connectivity index (χ0n) is 17.3. The summed E-state index contributed by atoms with van der Waals surface area (Å²) < 4.78 is 0. The van der Waals surface area contributed by atoms with Gasteiger partial charge in [-0.2, -0.15) is 0 Å². The Bertz CT molecular complexity index is 1190. The van der Waals surface area contributed by atoms with Gasteiger partial charge in [-0.3, -0.25) is 14.6 Å². The van der Waals surface area contributed by atoms with Crippen LogP contribution in [0, 0.1) is 6.07 Å². The van der Waals surface area contributed by atoms with Crippen LogP contribution in [0.3, 0.4) is 0 Å². The summed E-state index contributed by atoms with van der Waals surface area (Å²) in [6.07, 6.45) is 5.46. The molecule has 0 aliphatic carbocycles. The van der Waals surface area contributed by atoms with E-state index in [1.165, 1.54) is 19.9 Å². The maximum atomic E-state index is 12.1. The summed E-state index contributed by atoms with van der Waals surface area (Å²) in [5.41, 5.74) is 3.16. The van der Waals surface area contributed by atoms with Crippen LogP contribution in [0.1, 0.15) is 36.2 Å². The van der Waals surface area contributed by atoms with E-state index < -0.39 is 0 Å². The molecular weight excluding hydrogens is 567 g/mol. The van der Waals surface area contributed by atoms with Crippen LogP contribution >= 0.6 is 0 Å². The number of aliphatic hydroxyl groups is 1. The number of aliphatic imine (C=N–C) groups is 1. The van der Waals surface area contributed by atoms with Gasteiger partial charge < -0.3 is 5.11 Å². The summed E-state index contributed by atoms with van der Waals surface area (Å²) in [5, 5.41) is 10.7. The summed E-state index contributed by atoms with van der Waals surface area (Å²) in [6, 6.07) is 23.1. The predicted octanol–water partition coefficient (Wildman–Crippen LogP) is 5.91. The number of nitrogens with zero attached hydrogens (tertiary/aromatic N) is 1. The SMILES string of the molecule is CC(=[OH+])/C=C(/C)O.O=C1C/C=C\C(c2[c-]cc3ccccc3c2)=Nc2ccccc21.[Ir]. The Morgan fingerprint density at radius 3 is 2.45 bits per heavy atom. The molecule has 0 spiro atoms. The molecule has 0 amide bonds. The standard InChI is InChI=1S/C21H14NO.C5H8O2.Ir/c23-21-11-5-10-19(22-20-9-4-3-8-18(20)21)17-13-12-15-6-1-2-7-16(15)14-17;1-4(6)3-5(2)7;/h1-10,12,14H,11H2;3,6H,1-2H3;/q-1;;/p+1/b10-5-,22-19?;4-3-;. The molecule has 4 nitrogen and oxygen atoms in total. The van der Waals surface area contributed by atoms with E-state index in [2.05, 4.69) is 24.3 Å². The van der Waals surface area contributed by atoms with Gasteiger partial charge in [-0.05, 0) is 24.8 Å². The van der Waals surface area contributed by atoms with Crippen molar-refractivity contribution >= 4 is 33.7 Å². The van der Waals surface area contributed by atoms with Crippen molar-refractivity contribution in [3.63, 3.8) is 0 Å². The minimum absolute atomic E-state index is 0. The van der Waals surface area contributed by atoms with Gasteiger partial charge in [0.25, 0.3) is 0 Å². The van der Waals surface area contributed by atoms with Crippen LogP contribution in [-0.4, -0.2) is 27.2 Å². The molecule has 0 unspecified atom stereocenters. The quantitative estimate of drug-likeness (QED) is 0.175. The molecule has 31 heavy (non-hydrogen) atoms. The van der Waals surface area contributed by atoms with E-state index in [0.29, 0.717) is 12.0 Å². The van der Waals surface area contributed by atoms with E-state index >= 15 is 0 Å². The molecule has 0 aromatic heterocycles. The molecule has 3 aromatic carbocycles. The Morgan fingerprint density at radius 1 is 1.10 bits per heavy atom. The summed E-state index contributed by atoms with van der Waals surface area (Å²) >= 11 is 0. The van der Waals surface area contributed by atoms with Crippen molar-refractivity contribution in [2.24, 2.45) is 4.99 Å². The largest absolute Gasteiger partial charge is 0.512 e. The molecule has 0 fully saturated rings. The predicted molar refractivity (Wildman–Crippen MR) is 123 cm³/mol. The molecule has 159 valence electrons. The average molecular weight is 590 g/mol. The Balaban J connectivity index is 0.000000373. The van der Waals surface area contributed by atoms with Crippen LogP contribution in [-0.2, 0) is 20.1 Å². The monoisotopic (exact) mass is 590 g/mol. The first kappa shape index (κ1) is 24.1. The number of hydrogen-bond donors (Lipinski definition) is 1. The number of hydrogen-bond acceptors (Lipinski definition) is 3. The third kappa shape index (κ3) is 6.68. The van der Waals surface area contributed by atoms with Crippen LogP contribution in [0.25, 0.3) is 10.8 Å². The van der Waals surface area contributed by atoms with Crippen LogP contribution in [0.5, 0.6) is 0 Å². The van der Waals surface area contributed by atoms with Crippen molar-refractivity contribution < 1.29 is 34.8 Å². The number of rotatable bonds is 2. The molecule has 3 aromatic rings. The van der Waals surface area contributed by atoms with E-state index in [4.69, 9.17) is 14.9 Å². The number of benzene rings is 3. The first-order valence-electron chi connectivity index (χ1n) is 9.62. The number of allylic oxidation sites excluding steroid dienone is 4. The fourth-order valence-corrected chi connectivity index (χ4v) is 3.09. The molecule has 0 saturated carbocycles. The summed E-state index contributed by atoms with van der Waals surface area (Å²) in [5.74, 6) is 0.349. The number of ketones is 2. The summed E-state index contributed by atoms with van der Waals surface area (Å²) in [4.78, 5) is 25.3. The fourth-order valence-electron chi connectivity index (χ4n) is 3.09. The second-order valence-electron chi connectivity index (χ2n) is 6.95. The van der Waals surface area contributed by atoms with Crippen LogP contribution in [0.15, 0.2) is 89.6 Å². The summed E-state index contributed by atoms with van der Waals surface area (Å²) in [6.45, 7) is 3.00. The smallest absolute Gasteiger partial charge is 0.316 e. The van der Waals surface area contributed by atoms with Gasteiger partial charge in [0, 0.05) is 32.1 Å². The van der Waals surface area contributed by atoms with Crippen molar-refractivity contribution in [3.8, 4) is 0 Å². The minimum Gasteiger partial charge on any atom is -0.512 e. The first-order valence-corrected chi connectivity index (χ1v) is 9.62. The van der Waals surface area contributed by atoms with Crippen molar-refractivity contribution in [2.45, 2.75) is 20.3 Å². The van der Waals surface area contributed by atoms with Crippen molar-refractivity contribution in [2.75, 3.05) is 0 Å². The van der Waals surface area contributed by atoms with E-state index in [9.17, 15) is 4.79 Å². The van der Waals surface area contributed by atoms with E-state index in [0.717, 1.165) is 27.7 Å².